The molecule has 0 bridgehead atoms. The van der Waals surface area contributed by atoms with Crippen LogP contribution < -0.4 is 5.32 Å². The van der Waals surface area contributed by atoms with Crippen LogP contribution in [0, 0.1) is 0 Å². The van der Waals surface area contributed by atoms with Crippen molar-refractivity contribution >= 4 is 17.8 Å². The van der Waals surface area contributed by atoms with E-state index in [2.05, 4.69) is 15.4 Å². The molecule has 1 aromatic heterocycles. The van der Waals surface area contributed by atoms with E-state index >= 15 is 0 Å². The van der Waals surface area contributed by atoms with Gasteiger partial charge in [-0.25, -0.2) is 0 Å². The molecule has 1 amide bonds. The smallest absolute Gasteiger partial charge is 0.286 e. The van der Waals surface area contributed by atoms with E-state index in [1.165, 1.54) is 0 Å². The number of amides is 1. The third-order valence-corrected chi connectivity index (χ3v) is 2.25. The first-order valence-electron chi connectivity index (χ1n) is 4.64. The molecule has 1 aliphatic heterocycles. The van der Waals surface area contributed by atoms with Gasteiger partial charge in [-0.1, -0.05) is 30.3 Å². The summed E-state index contributed by atoms with van der Waals surface area (Å²) in [4.78, 5) is 26.3. The molecule has 0 aliphatic carbocycles. The lowest BCUT2D eigenvalue weighted by Gasteiger charge is -1.93. The first-order valence-corrected chi connectivity index (χ1v) is 4.64. The molecule has 78 valence electrons. The Labute approximate surface area is 89.9 Å². The van der Waals surface area contributed by atoms with Crippen molar-refractivity contribution in [3.63, 3.8) is 0 Å². The molecule has 3 rings (SSSR count). The standard InChI is InChI=1S/C10H6N4O2/c15-8-9(16)14-10(12-8)11-7(13-14)6-4-2-1-3-5-6/h1-5H,(H,11,12,13,15). The van der Waals surface area contributed by atoms with Gasteiger partial charge in [0, 0.05) is 5.56 Å². The first kappa shape index (κ1) is 8.78. The summed E-state index contributed by atoms with van der Waals surface area (Å²) in [6, 6.07) is 9.23. The maximum absolute atomic E-state index is 11.3. The SMILES string of the molecule is O=C1Nc2nc(-c3ccccc3)nn2C1=O. The third-order valence-electron chi connectivity index (χ3n) is 2.25. The highest BCUT2D eigenvalue weighted by Crippen LogP contribution is 2.19. The monoisotopic (exact) mass is 214 g/mol. The van der Waals surface area contributed by atoms with E-state index < -0.39 is 11.8 Å². The van der Waals surface area contributed by atoms with Crippen LogP contribution in [0.4, 0.5) is 5.95 Å². The van der Waals surface area contributed by atoms with Crippen LogP contribution in [0.1, 0.15) is 4.79 Å². The Balaban J connectivity index is 2.09. The molecular weight excluding hydrogens is 208 g/mol. The highest BCUT2D eigenvalue weighted by Gasteiger charge is 2.31. The topological polar surface area (TPSA) is 76.9 Å². The van der Waals surface area contributed by atoms with E-state index in [9.17, 15) is 9.59 Å². The molecule has 2 heterocycles. The second kappa shape index (κ2) is 2.99. The van der Waals surface area contributed by atoms with Gasteiger partial charge in [-0.2, -0.15) is 9.67 Å². The van der Waals surface area contributed by atoms with Crippen LogP contribution in [0.3, 0.4) is 0 Å². The van der Waals surface area contributed by atoms with Gasteiger partial charge in [-0.15, -0.1) is 5.10 Å². The van der Waals surface area contributed by atoms with Gasteiger partial charge in [0.2, 0.25) is 5.95 Å². The number of benzene rings is 1. The Morgan fingerprint density at radius 1 is 1.12 bits per heavy atom. The number of rotatable bonds is 1. The molecule has 1 aromatic carbocycles. The van der Waals surface area contributed by atoms with Crippen molar-refractivity contribution < 1.29 is 9.59 Å². The van der Waals surface area contributed by atoms with Crippen molar-refractivity contribution in [3.8, 4) is 11.4 Å². The molecule has 0 spiro atoms. The Kier molecular flexibility index (Phi) is 1.64. The van der Waals surface area contributed by atoms with Crippen LogP contribution >= 0.6 is 0 Å². The van der Waals surface area contributed by atoms with Gasteiger partial charge in [-0.05, 0) is 0 Å². The van der Waals surface area contributed by atoms with E-state index in [0.717, 1.165) is 10.2 Å². The average molecular weight is 214 g/mol. The van der Waals surface area contributed by atoms with E-state index in [1.807, 2.05) is 30.3 Å². The number of nitrogens with one attached hydrogen (secondary N) is 1. The zero-order valence-corrected chi connectivity index (χ0v) is 8.04. The van der Waals surface area contributed by atoms with Crippen molar-refractivity contribution in [2.24, 2.45) is 0 Å². The fourth-order valence-corrected chi connectivity index (χ4v) is 1.50. The van der Waals surface area contributed by atoms with Gasteiger partial charge in [0.15, 0.2) is 5.82 Å². The number of fused-ring (bicyclic) bond motifs is 1. The summed E-state index contributed by atoms with van der Waals surface area (Å²) in [5.74, 6) is -0.808. The maximum atomic E-state index is 11.3. The molecule has 6 nitrogen and oxygen atoms in total. The Morgan fingerprint density at radius 3 is 2.56 bits per heavy atom. The highest BCUT2D eigenvalue weighted by molar-refractivity contribution is 6.43. The van der Waals surface area contributed by atoms with Crippen molar-refractivity contribution in [1.82, 2.24) is 14.8 Å². The predicted octanol–water partition coefficient (Wildman–Crippen LogP) is 0.537. The number of aromatic nitrogens is 3. The lowest BCUT2D eigenvalue weighted by atomic mass is 10.2. The van der Waals surface area contributed by atoms with Crippen molar-refractivity contribution in [2.45, 2.75) is 0 Å². The molecule has 16 heavy (non-hydrogen) atoms. The van der Waals surface area contributed by atoms with Crippen LogP contribution in [-0.4, -0.2) is 26.6 Å². The van der Waals surface area contributed by atoms with Gasteiger partial charge in [-0.3, -0.25) is 14.9 Å². The summed E-state index contributed by atoms with van der Waals surface area (Å²) in [7, 11) is 0. The molecule has 1 aliphatic rings. The molecule has 0 unspecified atom stereocenters. The Morgan fingerprint density at radius 2 is 1.88 bits per heavy atom. The normalized spacial score (nSPS) is 13.8. The van der Waals surface area contributed by atoms with E-state index in [1.54, 1.807) is 0 Å². The summed E-state index contributed by atoms with van der Waals surface area (Å²) in [6.45, 7) is 0. The van der Waals surface area contributed by atoms with Gasteiger partial charge in [0.25, 0.3) is 0 Å². The lowest BCUT2D eigenvalue weighted by Crippen LogP contribution is -2.18. The summed E-state index contributed by atoms with van der Waals surface area (Å²) in [5, 5.41) is 6.30. The fourth-order valence-electron chi connectivity index (χ4n) is 1.50. The van der Waals surface area contributed by atoms with Crippen LogP contribution in [0.2, 0.25) is 0 Å². The highest BCUT2D eigenvalue weighted by atomic mass is 16.2. The van der Waals surface area contributed by atoms with Gasteiger partial charge in [0.05, 0.1) is 0 Å². The van der Waals surface area contributed by atoms with Gasteiger partial charge >= 0.3 is 11.8 Å². The van der Waals surface area contributed by atoms with Crippen molar-refractivity contribution in [2.75, 3.05) is 5.32 Å². The largest absolute Gasteiger partial charge is 0.339 e. The van der Waals surface area contributed by atoms with E-state index in [-0.39, 0.29) is 5.95 Å². The zero-order chi connectivity index (χ0) is 11.1. The van der Waals surface area contributed by atoms with Gasteiger partial charge < -0.3 is 0 Å². The van der Waals surface area contributed by atoms with Gasteiger partial charge in [0.1, 0.15) is 0 Å². The second-order valence-corrected chi connectivity index (χ2v) is 3.30. The van der Waals surface area contributed by atoms with E-state index in [4.69, 9.17) is 0 Å². The molecule has 0 atom stereocenters. The first-order chi connectivity index (χ1) is 7.75. The maximum Gasteiger partial charge on any atom is 0.339 e. The predicted molar refractivity (Wildman–Crippen MR) is 54.7 cm³/mol. The van der Waals surface area contributed by atoms with Crippen LogP contribution in [0.5, 0.6) is 0 Å². The quantitative estimate of drug-likeness (QED) is 0.703. The summed E-state index contributed by atoms with van der Waals surface area (Å²) in [5.41, 5.74) is 0.798. The molecule has 1 N–H and O–H groups in total. The molecular formula is C10H6N4O2. The number of carbonyl (C=O) groups is 2. The van der Waals surface area contributed by atoms with Crippen molar-refractivity contribution in [1.29, 1.82) is 0 Å². The van der Waals surface area contributed by atoms with Crippen LogP contribution in [0.25, 0.3) is 11.4 Å². The minimum absolute atomic E-state index is 0.175. The second-order valence-electron chi connectivity index (χ2n) is 3.30. The fraction of sp³-hybridized carbons (Fsp3) is 0. The summed E-state index contributed by atoms with van der Waals surface area (Å²) < 4.78 is 0.977. The Bertz CT molecular complexity index is 588. The van der Waals surface area contributed by atoms with Crippen LogP contribution in [-0.2, 0) is 4.79 Å². The number of nitrogens with zero attached hydrogens (tertiary/aromatic N) is 3. The number of hydrogen-bond donors (Lipinski definition) is 1. The van der Waals surface area contributed by atoms with E-state index in [0.29, 0.717) is 5.82 Å². The minimum Gasteiger partial charge on any atom is -0.286 e. The number of hydrogen-bond acceptors (Lipinski definition) is 4. The molecule has 0 saturated heterocycles. The minimum atomic E-state index is -0.704. The van der Waals surface area contributed by atoms with Crippen LogP contribution in [0.15, 0.2) is 30.3 Å². The lowest BCUT2D eigenvalue weighted by molar-refractivity contribution is -0.112. The number of anilines is 1. The molecule has 6 heteroatoms. The third kappa shape index (κ3) is 1.13. The summed E-state index contributed by atoms with van der Waals surface area (Å²) in [6.07, 6.45) is 0. The number of carbonyl (C=O) groups excluding carboxylic acids is 2. The van der Waals surface area contributed by atoms with Crippen molar-refractivity contribution in [3.05, 3.63) is 30.3 Å². The zero-order valence-electron chi connectivity index (χ0n) is 8.04. The average Bonchev–Trinajstić information content (AvgIpc) is 2.82. The summed E-state index contributed by atoms with van der Waals surface area (Å²) >= 11 is 0. The Hall–Kier alpha value is -2.50. The molecule has 0 saturated carbocycles. The molecule has 2 aromatic rings. The molecule has 0 fully saturated rings. The molecule has 0 radical (unpaired) electrons.